The van der Waals surface area contributed by atoms with Gasteiger partial charge in [0, 0.05) is 144 Å². The van der Waals surface area contributed by atoms with Gasteiger partial charge in [0.1, 0.15) is 41.5 Å². The van der Waals surface area contributed by atoms with Crippen molar-refractivity contribution in [3.05, 3.63) is 221 Å². The number of rotatable bonds is 17. The van der Waals surface area contributed by atoms with Gasteiger partial charge >= 0.3 is 0 Å². The zero-order valence-corrected chi connectivity index (χ0v) is 73.2. The van der Waals surface area contributed by atoms with Crippen LogP contribution in [-0.2, 0) is 4.74 Å². The van der Waals surface area contributed by atoms with Gasteiger partial charge in [0.25, 0.3) is 17.7 Å². The van der Waals surface area contributed by atoms with Crippen LogP contribution in [0, 0.1) is 41.5 Å². The van der Waals surface area contributed by atoms with Crippen LogP contribution < -0.4 is 40.2 Å². The average molecular weight is 1730 g/mol. The fourth-order valence-electron chi connectivity index (χ4n) is 16.4. The number of carbonyl (C=O) groups excluding carboxylic acids is 3. The Kier molecular flexibility index (Phi) is 27.9. The number of aromatic nitrogens is 18. The summed E-state index contributed by atoms with van der Waals surface area (Å²) in [6, 6.07) is 40.8. The summed E-state index contributed by atoms with van der Waals surface area (Å²) in [5, 5.41) is 62.0. The molecule has 3 amide bonds. The number of anilines is 7. The SMILES string of the molecule is COc1ccccc1NC(=O)c1ccc(Nc2nccc3n[nH]c(C)c23)cc1.Cc1[nH]nc2ccnc(Nc3ccc(C(=O)N4CCCC4)cc3)c12.Cc1[nH]nc2ccnc(Nc3ccc(C(=O)N4CCOCC4)cc3)c12.Cc1[nH]nc2ccnc(OC3CCCC3)c12.Cc1[nH]nc2ccnc(OC3CCCCC3)c12.Cc1[nH]nc2ccnc(OC3CCN(C)CC3)c12. The number of nitrogens with zero attached hydrogens (tertiary/aromatic N) is 15. The first-order valence-electron chi connectivity index (χ1n) is 43.7. The van der Waals surface area contributed by atoms with Gasteiger partial charge in [-0.05, 0) is 247 Å². The van der Waals surface area contributed by atoms with Gasteiger partial charge in [0.05, 0.1) is 91.4 Å². The number of para-hydroxylation sites is 2. The summed E-state index contributed by atoms with van der Waals surface area (Å²) in [6.07, 6.45) is 26.7. The number of nitrogens with one attached hydrogen (secondary N) is 10. The minimum absolute atomic E-state index is 0.0424. The van der Waals surface area contributed by atoms with Crippen molar-refractivity contribution >= 4 is 123 Å². The minimum atomic E-state index is -0.207. The quantitative estimate of drug-likeness (QED) is 0.0405. The number of aryl methyl sites for hydroxylation is 6. The number of likely N-dealkylation sites (tertiary alicyclic amines) is 2. The summed E-state index contributed by atoms with van der Waals surface area (Å²) in [5.74, 6) is 4.98. The number of carbonyl (C=O) groups is 3. The van der Waals surface area contributed by atoms with Gasteiger partial charge in [-0.1, -0.05) is 18.6 Å². The number of benzene rings is 4. The third-order valence-electron chi connectivity index (χ3n) is 23.4. The van der Waals surface area contributed by atoms with Gasteiger partial charge in [-0.25, -0.2) is 29.9 Å². The molecule has 0 spiro atoms. The van der Waals surface area contributed by atoms with Gasteiger partial charge < -0.3 is 59.7 Å². The molecule has 3 aliphatic heterocycles. The Bertz CT molecular complexity index is 6430. The molecule has 0 radical (unpaired) electrons. The highest BCUT2D eigenvalue weighted by Gasteiger charge is 2.26. The lowest BCUT2D eigenvalue weighted by molar-refractivity contribution is 0.0303. The number of amides is 3. The maximum atomic E-state index is 12.5. The molecule has 0 unspecified atom stereocenters. The number of piperidine rings is 1. The van der Waals surface area contributed by atoms with Crippen molar-refractivity contribution in [2.24, 2.45) is 0 Å². The fourth-order valence-corrected chi connectivity index (χ4v) is 16.4. The first-order chi connectivity index (χ1) is 62.5. The molecule has 660 valence electrons. The lowest BCUT2D eigenvalue weighted by atomic mass is 9.98. The zero-order valence-electron chi connectivity index (χ0n) is 73.2. The predicted octanol–water partition coefficient (Wildman–Crippen LogP) is 17.3. The van der Waals surface area contributed by atoms with E-state index in [-0.39, 0.29) is 23.8 Å². The van der Waals surface area contributed by atoms with Crippen LogP contribution in [0.4, 0.5) is 40.2 Å². The Balaban J connectivity index is 0.000000114. The summed E-state index contributed by atoms with van der Waals surface area (Å²) in [7, 11) is 3.72. The third-order valence-corrected chi connectivity index (χ3v) is 23.4. The number of methoxy groups -OCH3 is 1. The van der Waals surface area contributed by atoms with Crippen LogP contribution in [0.3, 0.4) is 0 Å². The maximum Gasteiger partial charge on any atom is 0.255 e. The Morgan fingerprint density at radius 1 is 0.359 bits per heavy atom. The average Bonchev–Trinajstić information content (AvgIpc) is 1.62. The molecule has 16 aromatic rings. The number of aromatic amines is 6. The monoisotopic (exact) mass is 1730 g/mol. The highest BCUT2D eigenvalue weighted by Crippen LogP contribution is 2.35. The molecule has 5 aliphatic rings. The molecule has 10 N–H and O–H groups in total. The van der Waals surface area contributed by atoms with Crippen LogP contribution in [0.25, 0.3) is 65.4 Å². The molecule has 0 bridgehead atoms. The standard InChI is InChI=1S/C21H19N5O2.C18H19N5O2.C18H19N5O.C13H18N4O.C13H17N3O.C12H15N3O/c1-13-19-17(26-25-13)11-12-22-20(19)23-15-9-7-14(8-10-15)21(27)24-16-5-3-4-6-18(16)28-2;1-12-16-15(22-21-12)6-7-19-17(16)20-14-4-2-13(3-5-14)18(24)23-8-10-25-11-9-23;1-12-16-15(22-21-12)8-9-19-17(16)20-14-6-4-13(5-7-14)18(24)23-10-2-3-11-23;1-9-12-11(16-15-9)3-6-14-13(12)18-10-4-7-17(2)8-5-10;1-9-12-11(16-15-9)7-8-14-13(12)17-10-5-3-2-4-6-10;1-8-11-10(15-14-8)6-7-13-12(11)16-9-4-2-3-5-9/h3-12H,1-2H3,(H,22,23)(H,24,27)(H,25,26);2-7H,8-11H2,1H3,(H,19,20)(H,21,22);4-9H,2-3,10-11H2,1H3,(H,19,20)(H,21,22);3,6,10H,4-5,7-8H2,1-2H3,(H,15,16);7-8,10H,2-6H2,1H3,(H,15,16);6-7,9H,2-5H2,1H3,(H,14,15). The molecule has 33 nitrogen and oxygen atoms in total. The second-order valence-corrected chi connectivity index (χ2v) is 32.5. The molecule has 4 aromatic carbocycles. The molecule has 12 aromatic heterocycles. The van der Waals surface area contributed by atoms with Crippen LogP contribution in [0.2, 0.25) is 0 Å². The van der Waals surface area contributed by atoms with Crippen molar-refractivity contribution in [2.45, 2.75) is 143 Å². The summed E-state index contributed by atoms with van der Waals surface area (Å²) in [4.78, 5) is 69.7. The van der Waals surface area contributed by atoms with Crippen LogP contribution in [0.5, 0.6) is 23.4 Å². The molecule has 2 saturated carbocycles. The smallest absolute Gasteiger partial charge is 0.255 e. The number of H-pyrrole nitrogens is 6. The molecule has 5 fully saturated rings. The summed E-state index contributed by atoms with van der Waals surface area (Å²) in [6.45, 7) is 18.3. The van der Waals surface area contributed by atoms with E-state index in [1.807, 2.05) is 161 Å². The van der Waals surface area contributed by atoms with Crippen LogP contribution in [-0.4, -0.2) is 208 Å². The largest absolute Gasteiger partial charge is 0.495 e. The molecular weight excluding hydrogens is 1620 g/mol. The Morgan fingerprint density at radius 2 is 0.680 bits per heavy atom. The number of hydrogen-bond acceptors (Lipinski definition) is 24. The van der Waals surface area contributed by atoms with E-state index in [1.165, 1.54) is 32.1 Å². The number of fused-ring (bicyclic) bond motifs is 6. The minimum Gasteiger partial charge on any atom is -0.495 e. The van der Waals surface area contributed by atoms with E-state index in [2.05, 4.69) is 124 Å². The molecule has 15 heterocycles. The van der Waals surface area contributed by atoms with Gasteiger partial charge in [0.2, 0.25) is 17.6 Å². The highest BCUT2D eigenvalue weighted by molar-refractivity contribution is 6.05. The normalized spacial score (nSPS) is 14.9. The molecule has 3 saturated heterocycles. The molecule has 0 atom stereocenters. The van der Waals surface area contributed by atoms with Gasteiger partial charge in [0.15, 0.2) is 0 Å². The van der Waals surface area contributed by atoms with Crippen molar-refractivity contribution < 1.29 is 38.1 Å². The van der Waals surface area contributed by atoms with E-state index in [1.54, 1.807) is 68.6 Å². The van der Waals surface area contributed by atoms with Crippen LogP contribution in [0.15, 0.2) is 171 Å². The molecular formula is C95H107N25O8. The Hall–Kier alpha value is -14.5. The van der Waals surface area contributed by atoms with E-state index in [9.17, 15) is 14.4 Å². The summed E-state index contributed by atoms with van der Waals surface area (Å²) >= 11 is 0. The number of ether oxygens (including phenoxy) is 5. The lowest BCUT2D eigenvalue weighted by Gasteiger charge is -2.29. The Morgan fingerprint density at radius 3 is 1.05 bits per heavy atom. The Labute approximate surface area is 739 Å². The second kappa shape index (κ2) is 41.1. The third kappa shape index (κ3) is 21.0. The second-order valence-electron chi connectivity index (χ2n) is 32.5. The number of hydrogen-bond donors (Lipinski definition) is 10. The van der Waals surface area contributed by atoms with E-state index in [0.717, 1.165) is 229 Å². The van der Waals surface area contributed by atoms with Crippen LogP contribution in [0.1, 0.15) is 149 Å². The van der Waals surface area contributed by atoms with E-state index in [4.69, 9.17) is 23.7 Å². The zero-order chi connectivity index (χ0) is 88.4. The van der Waals surface area contributed by atoms with E-state index < -0.39 is 0 Å². The van der Waals surface area contributed by atoms with Gasteiger partial charge in [-0.3, -0.25) is 45.0 Å². The van der Waals surface area contributed by atoms with Crippen molar-refractivity contribution in [1.29, 1.82) is 0 Å². The highest BCUT2D eigenvalue weighted by atomic mass is 16.5. The van der Waals surface area contributed by atoms with Gasteiger partial charge in [-0.2, -0.15) is 30.6 Å². The molecule has 2 aliphatic carbocycles. The van der Waals surface area contributed by atoms with Gasteiger partial charge in [-0.15, -0.1) is 0 Å². The number of morpholine rings is 1. The van der Waals surface area contributed by atoms with Crippen molar-refractivity contribution in [3.63, 3.8) is 0 Å². The molecule has 128 heavy (non-hydrogen) atoms. The van der Waals surface area contributed by atoms with Crippen molar-refractivity contribution in [1.82, 2.24) is 106 Å². The fraction of sp³-hybridized carbons (Fsp3) is 0.337. The predicted molar refractivity (Wildman–Crippen MR) is 495 cm³/mol. The first kappa shape index (κ1) is 87.0. The lowest BCUT2D eigenvalue weighted by Crippen LogP contribution is -2.40. The van der Waals surface area contributed by atoms with Crippen LogP contribution >= 0.6 is 0 Å². The van der Waals surface area contributed by atoms with E-state index >= 15 is 0 Å². The molecule has 33 heteroatoms. The first-order valence-corrected chi connectivity index (χ1v) is 43.7. The molecule has 21 rings (SSSR count). The maximum absolute atomic E-state index is 12.5. The van der Waals surface area contributed by atoms with E-state index in [0.29, 0.717) is 67.0 Å². The van der Waals surface area contributed by atoms with Crippen molar-refractivity contribution in [2.75, 3.05) is 87.9 Å². The summed E-state index contributed by atoms with van der Waals surface area (Å²) in [5.41, 5.74) is 16.5. The summed E-state index contributed by atoms with van der Waals surface area (Å²) < 4.78 is 28.6. The topological polar surface area (TPSA) is 405 Å². The van der Waals surface area contributed by atoms with Crippen molar-refractivity contribution in [3.8, 4) is 23.4 Å². The number of pyridine rings is 6.